The lowest BCUT2D eigenvalue weighted by Crippen LogP contribution is -2.23. The average molecular weight is 485 g/mol. The Bertz CT molecular complexity index is 1520. The molecule has 0 saturated carbocycles. The molecule has 0 saturated heterocycles. The van der Waals surface area contributed by atoms with Crippen LogP contribution in [0.4, 0.5) is 0 Å². The molecule has 0 amide bonds. The molecule has 1 aliphatic carbocycles. The Morgan fingerprint density at radius 1 is 1.24 bits per heavy atom. The van der Waals surface area contributed by atoms with Crippen molar-refractivity contribution in [2.75, 3.05) is 0 Å². The molecule has 1 aromatic carbocycles. The molecule has 0 spiro atoms. The van der Waals surface area contributed by atoms with Crippen molar-refractivity contribution in [2.45, 2.75) is 52.2 Å². The van der Waals surface area contributed by atoms with Crippen LogP contribution < -0.4 is 11.2 Å². The van der Waals surface area contributed by atoms with Gasteiger partial charge < -0.3 is 9.15 Å². The zero-order valence-electron chi connectivity index (χ0n) is 18.0. The van der Waals surface area contributed by atoms with E-state index in [9.17, 15) is 14.4 Å². The maximum atomic E-state index is 13.0. The summed E-state index contributed by atoms with van der Waals surface area (Å²) in [5.41, 5.74) is 2.18. The van der Waals surface area contributed by atoms with Gasteiger partial charge >= 0.3 is 11.6 Å². The second-order valence-corrected chi connectivity index (χ2v) is 9.72. The first-order chi connectivity index (χ1) is 15.9. The van der Waals surface area contributed by atoms with Crippen LogP contribution in [-0.2, 0) is 35.5 Å². The highest BCUT2D eigenvalue weighted by atomic mass is 35.5. The summed E-state index contributed by atoms with van der Waals surface area (Å²) in [4.78, 5) is 43.8. The van der Waals surface area contributed by atoms with Gasteiger partial charge in [-0.05, 0) is 55.9 Å². The molecule has 0 N–H and O–H groups in total. The van der Waals surface area contributed by atoms with Crippen LogP contribution >= 0.6 is 22.9 Å². The molecule has 170 valence electrons. The summed E-state index contributed by atoms with van der Waals surface area (Å²) in [5.74, 6) is -0.478. The Kier molecular flexibility index (Phi) is 5.80. The maximum Gasteiger partial charge on any atom is 0.336 e. The Hall–Kier alpha value is -2.97. The highest BCUT2D eigenvalue weighted by Crippen LogP contribution is 2.33. The SMILES string of the molecule is Cc1cc2oc(=O)cc(COC(=O)CCn3cnc4sc5c(c4c3=O)CCCC5)c2cc1Cl. The molecular weight excluding hydrogens is 464 g/mol. The third kappa shape index (κ3) is 4.20. The number of thiophene rings is 1. The van der Waals surface area contributed by atoms with Gasteiger partial charge in [0.05, 0.1) is 18.1 Å². The number of aromatic nitrogens is 2. The van der Waals surface area contributed by atoms with E-state index in [2.05, 4.69) is 4.98 Å². The largest absolute Gasteiger partial charge is 0.461 e. The van der Waals surface area contributed by atoms with E-state index in [4.69, 9.17) is 20.8 Å². The molecule has 4 aromatic rings. The summed E-state index contributed by atoms with van der Waals surface area (Å²) in [6, 6.07) is 4.67. The van der Waals surface area contributed by atoms with Gasteiger partial charge in [-0.15, -0.1) is 11.3 Å². The minimum absolute atomic E-state index is 0.0126. The molecular formula is C24H21ClN2O5S. The number of ether oxygens (including phenoxy) is 1. The number of aryl methyl sites for hydroxylation is 4. The monoisotopic (exact) mass is 484 g/mol. The molecule has 0 atom stereocenters. The van der Waals surface area contributed by atoms with Gasteiger partial charge in [0.25, 0.3) is 5.56 Å². The fraction of sp³-hybridized carbons (Fsp3) is 0.333. The number of carbonyl (C=O) groups excluding carboxylic acids is 1. The van der Waals surface area contributed by atoms with E-state index in [1.807, 2.05) is 6.92 Å². The lowest BCUT2D eigenvalue weighted by Gasteiger charge is -2.11. The topological polar surface area (TPSA) is 91.4 Å². The summed E-state index contributed by atoms with van der Waals surface area (Å²) in [6.07, 6.45) is 5.64. The molecule has 0 bridgehead atoms. The second-order valence-electron chi connectivity index (χ2n) is 8.23. The molecule has 33 heavy (non-hydrogen) atoms. The fourth-order valence-corrected chi connectivity index (χ4v) is 5.63. The summed E-state index contributed by atoms with van der Waals surface area (Å²) < 4.78 is 12.1. The van der Waals surface area contributed by atoms with Crippen LogP contribution in [0.3, 0.4) is 0 Å². The molecule has 3 heterocycles. The van der Waals surface area contributed by atoms with E-state index in [-0.39, 0.29) is 25.1 Å². The van der Waals surface area contributed by atoms with Crippen LogP contribution in [-0.4, -0.2) is 15.5 Å². The van der Waals surface area contributed by atoms with Gasteiger partial charge in [-0.2, -0.15) is 0 Å². The number of hydrogen-bond acceptors (Lipinski definition) is 7. The van der Waals surface area contributed by atoms with Crippen molar-refractivity contribution < 1.29 is 13.9 Å². The summed E-state index contributed by atoms with van der Waals surface area (Å²) in [6.45, 7) is 1.90. The lowest BCUT2D eigenvalue weighted by molar-refractivity contribution is -0.145. The van der Waals surface area contributed by atoms with Gasteiger partial charge in [0.1, 0.15) is 17.0 Å². The lowest BCUT2D eigenvalue weighted by atomic mass is 9.97. The van der Waals surface area contributed by atoms with Gasteiger partial charge in [-0.1, -0.05) is 11.6 Å². The van der Waals surface area contributed by atoms with Gasteiger partial charge in [0.15, 0.2) is 0 Å². The smallest absolute Gasteiger partial charge is 0.336 e. The van der Waals surface area contributed by atoms with Crippen molar-refractivity contribution in [1.29, 1.82) is 0 Å². The molecule has 0 fully saturated rings. The quantitative estimate of drug-likeness (QED) is 0.305. The van der Waals surface area contributed by atoms with E-state index in [0.717, 1.165) is 41.6 Å². The molecule has 0 unspecified atom stereocenters. The van der Waals surface area contributed by atoms with E-state index >= 15 is 0 Å². The van der Waals surface area contributed by atoms with Crippen LogP contribution in [0.15, 0.2) is 38.5 Å². The van der Waals surface area contributed by atoms with Crippen LogP contribution in [0, 0.1) is 6.92 Å². The van der Waals surface area contributed by atoms with Gasteiger partial charge in [0, 0.05) is 33.5 Å². The zero-order valence-corrected chi connectivity index (χ0v) is 19.6. The van der Waals surface area contributed by atoms with Crippen LogP contribution in [0.25, 0.3) is 21.2 Å². The van der Waals surface area contributed by atoms with Gasteiger partial charge in [-0.3, -0.25) is 14.2 Å². The Morgan fingerprint density at radius 3 is 2.91 bits per heavy atom. The maximum absolute atomic E-state index is 13.0. The van der Waals surface area contributed by atoms with Crippen molar-refractivity contribution in [3.05, 3.63) is 71.9 Å². The van der Waals surface area contributed by atoms with Crippen molar-refractivity contribution in [2.24, 2.45) is 0 Å². The normalized spacial score (nSPS) is 13.4. The first-order valence-electron chi connectivity index (χ1n) is 10.8. The Morgan fingerprint density at radius 2 is 2.06 bits per heavy atom. The van der Waals surface area contributed by atoms with Crippen molar-refractivity contribution >= 4 is 50.1 Å². The van der Waals surface area contributed by atoms with Crippen LogP contribution in [0.1, 0.15) is 40.8 Å². The predicted octanol–water partition coefficient (Wildman–Crippen LogP) is 4.54. The first-order valence-corrected chi connectivity index (χ1v) is 12.0. The molecule has 0 radical (unpaired) electrons. The van der Waals surface area contributed by atoms with E-state index in [0.29, 0.717) is 26.9 Å². The second kappa shape index (κ2) is 8.76. The van der Waals surface area contributed by atoms with E-state index in [1.165, 1.54) is 21.8 Å². The predicted molar refractivity (Wildman–Crippen MR) is 127 cm³/mol. The minimum atomic E-state index is -0.528. The molecule has 9 heteroatoms. The fourth-order valence-electron chi connectivity index (χ4n) is 4.25. The van der Waals surface area contributed by atoms with Crippen molar-refractivity contribution in [3.63, 3.8) is 0 Å². The Labute approximate surface area is 197 Å². The number of esters is 1. The minimum Gasteiger partial charge on any atom is -0.461 e. The molecule has 3 aromatic heterocycles. The molecule has 0 aliphatic heterocycles. The number of fused-ring (bicyclic) bond motifs is 4. The van der Waals surface area contributed by atoms with Gasteiger partial charge in [0.2, 0.25) is 0 Å². The number of hydrogen-bond donors (Lipinski definition) is 0. The highest BCUT2D eigenvalue weighted by Gasteiger charge is 2.20. The summed E-state index contributed by atoms with van der Waals surface area (Å²) in [7, 11) is 0. The van der Waals surface area contributed by atoms with E-state index < -0.39 is 11.6 Å². The van der Waals surface area contributed by atoms with Crippen LogP contribution in [0.5, 0.6) is 0 Å². The molecule has 5 rings (SSSR count). The summed E-state index contributed by atoms with van der Waals surface area (Å²) >= 11 is 7.80. The third-order valence-corrected chi connectivity index (χ3v) is 7.60. The number of benzene rings is 1. The summed E-state index contributed by atoms with van der Waals surface area (Å²) in [5, 5.41) is 1.84. The number of carbonyl (C=O) groups is 1. The standard InChI is InChI=1S/C24H21ClN2O5S/c1-13-8-18-16(10-17(13)25)14(9-21(29)32-18)11-31-20(28)6-7-27-12-26-23-22(24(27)30)15-4-2-3-5-19(15)33-23/h8-10,12H,2-7,11H2,1H3. The van der Waals surface area contributed by atoms with E-state index in [1.54, 1.807) is 23.5 Å². The highest BCUT2D eigenvalue weighted by molar-refractivity contribution is 7.18. The average Bonchev–Trinajstić information content (AvgIpc) is 3.17. The Balaban J connectivity index is 1.30. The number of rotatable bonds is 5. The zero-order chi connectivity index (χ0) is 23.1. The van der Waals surface area contributed by atoms with Gasteiger partial charge in [-0.25, -0.2) is 9.78 Å². The van der Waals surface area contributed by atoms with Crippen molar-refractivity contribution in [3.8, 4) is 0 Å². The third-order valence-electron chi connectivity index (χ3n) is 6.00. The molecule has 7 nitrogen and oxygen atoms in total. The first kappa shape index (κ1) is 21.9. The molecule has 1 aliphatic rings. The van der Waals surface area contributed by atoms with Crippen LogP contribution in [0.2, 0.25) is 5.02 Å². The van der Waals surface area contributed by atoms with Crippen molar-refractivity contribution in [1.82, 2.24) is 9.55 Å². The number of nitrogens with zero attached hydrogens (tertiary/aromatic N) is 2. The number of halogens is 1.